The largest absolute Gasteiger partial charge is 0.339 e. The number of carbonyl (C=O) groups is 2. The summed E-state index contributed by atoms with van der Waals surface area (Å²) in [7, 11) is 0. The fraction of sp³-hybridized carbons (Fsp3) is 0.545. The molecule has 0 N–H and O–H groups in total. The van der Waals surface area contributed by atoms with Gasteiger partial charge in [0.2, 0.25) is 23.5 Å². The molecule has 2 amide bonds. The lowest BCUT2D eigenvalue weighted by Crippen LogP contribution is -2.46. The number of hydrogen-bond acceptors (Lipinski definition) is 6. The van der Waals surface area contributed by atoms with Gasteiger partial charge in [-0.25, -0.2) is 4.39 Å². The fourth-order valence-electron chi connectivity index (χ4n) is 5.15. The Morgan fingerprint density at radius 3 is 2.67 bits per heavy atom. The van der Waals surface area contributed by atoms with E-state index in [-0.39, 0.29) is 23.5 Å². The van der Waals surface area contributed by atoms with Crippen LogP contribution in [0.15, 0.2) is 28.8 Å². The van der Waals surface area contributed by atoms with Crippen LogP contribution in [0.1, 0.15) is 56.8 Å². The molecule has 3 fully saturated rings. The van der Waals surface area contributed by atoms with Gasteiger partial charge < -0.3 is 4.52 Å². The highest BCUT2D eigenvalue weighted by molar-refractivity contribution is 6.06. The first-order chi connectivity index (χ1) is 14.5. The smallest absolute Gasteiger partial charge is 0.237 e. The van der Waals surface area contributed by atoms with Gasteiger partial charge in [-0.05, 0) is 56.5 Å². The quantitative estimate of drug-likeness (QED) is 0.717. The summed E-state index contributed by atoms with van der Waals surface area (Å²) < 4.78 is 18.6. The van der Waals surface area contributed by atoms with Crippen LogP contribution in [-0.2, 0) is 9.59 Å². The zero-order chi connectivity index (χ0) is 20.7. The monoisotopic (exact) mass is 412 g/mol. The van der Waals surface area contributed by atoms with Crippen molar-refractivity contribution in [2.24, 2.45) is 5.41 Å². The predicted molar refractivity (Wildman–Crippen MR) is 105 cm³/mol. The van der Waals surface area contributed by atoms with E-state index in [4.69, 9.17) is 4.52 Å². The predicted octanol–water partition coefficient (Wildman–Crippen LogP) is 3.33. The highest BCUT2D eigenvalue weighted by Gasteiger charge is 2.52. The normalized spacial score (nSPS) is 24.3. The molecule has 1 aromatic carbocycles. The minimum Gasteiger partial charge on any atom is -0.339 e. The molecule has 30 heavy (non-hydrogen) atoms. The van der Waals surface area contributed by atoms with Crippen LogP contribution in [-0.4, -0.2) is 51.5 Å². The number of amides is 2. The van der Waals surface area contributed by atoms with Crippen molar-refractivity contribution in [2.75, 3.05) is 19.8 Å². The van der Waals surface area contributed by atoms with E-state index in [1.165, 1.54) is 17.0 Å². The summed E-state index contributed by atoms with van der Waals surface area (Å²) in [6.07, 6.45) is 5.95. The van der Waals surface area contributed by atoms with Gasteiger partial charge >= 0.3 is 0 Å². The molecular formula is C22H25FN4O3. The third-order valence-electron chi connectivity index (χ3n) is 6.79. The molecule has 7 nitrogen and oxygen atoms in total. The second-order valence-electron chi connectivity index (χ2n) is 8.81. The van der Waals surface area contributed by atoms with Gasteiger partial charge in [-0.1, -0.05) is 18.0 Å². The zero-order valence-electron chi connectivity index (χ0n) is 16.8. The maximum Gasteiger partial charge on any atom is 0.237 e. The molecule has 3 aliphatic rings. The summed E-state index contributed by atoms with van der Waals surface area (Å²) in [5, 5.41) is 4.05. The van der Waals surface area contributed by atoms with Crippen molar-refractivity contribution >= 4 is 11.8 Å². The molecule has 158 valence electrons. The average Bonchev–Trinajstić information content (AvgIpc) is 3.47. The van der Waals surface area contributed by atoms with Gasteiger partial charge in [-0.3, -0.25) is 19.4 Å². The Labute approximate surface area is 174 Å². The Bertz CT molecular complexity index is 952. The first kappa shape index (κ1) is 19.4. The zero-order valence-corrected chi connectivity index (χ0v) is 16.8. The molecule has 2 aromatic rings. The summed E-state index contributed by atoms with van der Waals surface area (Å²) in [5.41, 5.74) is 0.275. The molecule has 1 aromatic heterocycles. The summed E-state index contributed by atoms with van der Waals surface area (Å²) >= 11 is 0. The lowest BCUT2D eigenvalue weighted by Gasteiger charge is -2.33. The topological polar surface area (TPSA) is 79.5 Å². The Hall–Kier alpha value is -2.61. The molecule has 1 saturated carbocycles. The molecule has 0 bridgehead atoms. The van der Waals surface area contributed by atoms with Crippen LogP contribution in [0.4, 0.5) is 4.39 Å². The summed E-state index contributed by atoms with van der Waals surface area (Å²) in [5.74, 6) is 0.703. The Morgan fingerprint density at radius 1 is 1.13 bits per heavy atom. The van der Waals surface area contributed by atoms with Crippen molar-refractivity contribution < 1.29 is 18.5 Å². The molecule has 5 rings (SSSR count). The van der Waals surface area contributed by atoms with E-state index >= 15 is 0 Å². The average molecular weight is 412 g/mol. The molecule has 2 aliphatic heterocycles. The van der Waals surface area contributed by atoms with E-state index in [0.29, 0.717) is 36.9 Å². The summed E-state index contributed by atoms with van der Waals surface area (Å²) in [6.45, 7) is 1.84. The lowest BCUT2D eigenvalue weighted by molar-refractivity contribution is -0.144. The fourth-order valence-corrected chi connectivity index (χ4v) is 5.15. The van der Waals surface area contributed by atoms with Crippen molar-refractivity contribution in [3.05, 3.63) is 36.0 Å². The third kappa shape index (κ3) is 3.43. The van der Waals surface area contributed by atoms with Crippen LogP contribution in [0.3, 0.4) is 0 Å². The maximum atomic E-state index is 13.1. The third-order valence-corrected chi connectivity index (χ3v) is 6.79. The first-order valence-electron chi connectivity index (χ1n) is 10.7. The molecule has 2 saturated heterocycles. The Balaban J connectivity index is 1.26. The molecule has 0 radical (unpaired) electrons. The number of hydrogen-bond donors (Lipinski definition) is 0. The van der Waals surface area contributed by atoms with Crippen LogP contribution >= 0.6 is 0 Å². The van der Waals surface area contributed by atoms with Crippen LogP contribution < -0.4 is 0 Å². The van der Waals surface area contributed by atoms with Gasteiger partial charge in [0.15, 0.2) is 0 Å². The second-order valence-corrected chi connectivity index (χ2v) is 8.81. The highest BCUT2D eigenvalue weighted by atomic mass is 19.1. The van der Waals surface area contributed by atoms with E-state index in [0.717, 1.165) is 45.1 Å². The number of imide groups is 1. The first-order valence-corrected chi connectivity index (χ1v) is 10.7. The second kappa shape index (κ2) is 7.58. The van der Waals surface area contributed by atoms with Gasteiger partial charge in [0.25, 0.3) is 0 Å². The van der Waals surface area contributed by atoms with E-state index in [1.54, 1.807) is 12.1 Å². The number of benzene rings is 1. The van der Waals surface area contributed by atoms with E-state index < -0.39 is 5.41 Å². The van der Waals surface area contributed by atoms with Crippen LogP contribution in [0.25, 0.3) is 11.4 Å². The van der Waals surface area contributed by atoms with Crippen molar-refractivity contribution in [1.29, 1.82) is 0 Å². The van der Waals surface area contributed by atoms with Crippen molar-refractivity contribution in [3.8, 4) is 11.4 Å². The molecule has 1 atom stereocenters. The maximum absolute atomic E-state index is 13.1. The standard InChI is InChI=1S/C22H25FN4O3/c23-17-7-5-15(6-8-17)19-24-20(30-25-19)16-4-3-11-26(13-16)14-27-18(28)12-22(21(27)29)9-1-2-10-22/h5-8,16H,1-4,9-14H2. The molecular weight excluding hydrogens is 387 g/mol. The van der Waals surface area contributed by atoms with Gasteiger partial charge in [-0.15, -0.1) is 0 Å². The van der Waals surface area contributed by atoms with E-state index in [1.807, 2.05) is 0 Å². The van der Waals surface area contributed by atoms with Gasteiger partial charge in [0, 0.05) is 18.5 Å². The highest BCUT2D eigenvalue weighted by Crippen LogP contribution is 2.47. The van der Waals surface area contributed by atoms with Gasteiger partial charge in [0.1, 0.15) is 5.82 Å². The molecule has 1 unspecified atom stereocenters. The number of nitrogens with zero attached hydrogens (tertiary/aromatic N) is 4. The SMILES string of the molecule is O=C1CC2(CCCC2)C(=O)N1CN1CCCC(c2nc(-c3ccc(F)cc3)no2)C1. The molecule has 1 spiro atoms. The lowest BCUT2D eigenvalue weighted by atomic mass is 9.85. The Kier molecular flexibility index (Phi) is 4.89. The number of aromatic nitrogens is 2. The minimum absolute atomic E-state index is 0.0171. The van der Waals surface area contributed by atoms with Crippen LogP contribution in [0, 0.1) is 11.2 Å². The van der Waals surface area contributed by atoms with E-state index in [2.05, 4.69) is 15.0 Å². The molecule has 3 heterocycles. The van der Waals surface area contributed by atoms with Crippen LogP contribution in [0.2, 0.25) is 0 Å². The number of carbonyl (C=O) groups excluding carboxylic acids is 2. The number of rotatable bonds is 4. The Morgan fingerprint density at radius 2 is 1.90 bits per heavy atom. The number of likely N-dealkylation sites (tertiary alicyclic amines) is 2. The van der Waals surface area contributed by atoms with Crippen molar-refractivity contribution in [1.82, 2.24) is 19.9 Å². The number of halogens is 1. The van der Waals surface area contributed by atoms with Gasteiger partial charge in [-0.2, -0.15) is 4.98 Å². The summed E-state index contributed by atoms with van der Waals surface area (Å²) in [4.78, 5) is 33.6. The van der Waals surface area contributed by atoms with Crippen LogP contribution in [0.5, 0.6) is 0 Å². The number of piperidine rings is 1. The minimum atomic E-state index is -0.428. The molecule has 1 aliphatic carbocycles. The van der Waals surface area contributed by atoms with E-state index in [9.17, 15) is 14.0 Å². The molecule has 8 heteroatoms. The van der Waals surface area contributed by atoms with Crippen molar-refractivity contribution in [3.63, 3.8) is 0 Å². The van der Waals surface area contributed by atoms with Gasteiger partial charge in [0.05, 0.1) is 18.0 Å². The summed E-state index contributed by atoms with van der Waals surface area (Å²) in [6, 6.07) is 5.99. The van der Waals surface area contributed by atoms with Crippen molar-refractivity contribution in [2.45, 2.75) is 50.9 Å².